The van der Waals surface area contributed by atoms with E-state index in [1.807, 2.05) is 0 Å². The molecule has 4 nitrogen and oxygen atoms in total. The van der Waals surface area contributed by atoms with Crippen molar-refractivity contribution in [2.75, 3.05) is 0 Å². The van der Waals surface area contributed by atoms with Gasteiger partial charge in [0.15, 0.2) is 0 Å². The van der Waals surface area contributed by atoms with Gasteiger partial charge >= 0.3 is 5.97 Å². The minimum atomic E-state index is -0.350. The van der Waals surface area contributed by atoms with Gasteiger partial charge in [0.2, 0.25) is 0 Å². The van der Waals surface area contributed by atoms with E-state index in [1.54, 1.807) is 0 Å². The van der Waals surface area contributed by atoms with Crippen molar-refractivity contribution in [3.63, 3.8) is 0 Å². The van der Waals surface area contributed by atoms with Gasteiger partial charge in [-0.3, -0.25) is 4.79 Å². The second-order valence-electron chi connectivity index (χ2n) is 5.72. The van der Waals surface area contributed by atoms with Crippen LogP contribution >= 0.6 is 0 Å². The molecule has 17 heavy (non-hydrogen) atoms. The fourth-order valence-electron chi connectivity index (χ4n) is 4.11. The van der Waals surface area contributed by atoms with Crippen molar-refractivity contribution < 1.29 is 14.3 Å². The molecule has 0 unspecified atom stereocenters. The minimum Gasteiger partial charge on any atom is -0.459 e. The summed E-state index contributed by atoms with van der Waals surface area (Å²) in [5, 5.41) is 9.26. The first-order valence-electron chi connectivity index (χ1n) is 6.29. The topological polar surface area (TPSA) is 62.6 Å². The van der Waals surface area contributed by atoms with Gasteiger partial charge in [0.1, 0.15) is 11.7 Å². The highest BCUT2D eigenvalue weighted by atomic mass is 16.7. The number of esters is 1. The number of hydrogen-bond acceptors (Lipinski definition) is 4. The zero-order valence-corrected chi connectivity index (χ0v) is 10.2. The van der Waals surface area contributed by atoms with Crippen LogP contribution in [-0.2, 0) is 14.3 Å². The maximum Gasteiger partial charge on any atom is 0.303 e. The molecule has 1 spiro atoms. The van der Waals surface area contributed by atoms with Gasteiger partial charge in [-0.25, -0.2) is 0 Å². The van der Waals surface area contributed by atoms with E-state index in [9.17, 15) is 10.1 Å². The number of hydrogen-bond donors (Lipinski definition) is 0. The highest BCUT2D eigenvalue weighted by Gasteiger charge is 2.79. The molecule has 1 heterocycles. The Labute approximate surface area is 101 Å². The zero-order valence-electron chi connectivity index (χ0n) is 10.2. The van der Waals surface area contributed by atoms with Crippen LogP contribution in [0.15, 0.2) is 0 Å². The summed E-state index contributed by atoms with van der Waals surface area (Å²) in [5.74, 6) is -0.206. The van der Waals surface area contributed by atoms with Crippen molar-refractivity contribution in [1.29, 1.82) is 5.26 Å². The van der Waals surface area contributed by atoms with Gasteiger partial charge in [0, 0.05) is 12.3 Å². The quantitative estimate of drug-likeness (QED) is 0.513. The Kier molecular flexibility index (Phi) is 2.10. The van der Waals surface area contributed by atoms with Gasteiger partial charge in [-0.15, -0.1) is 0 Å². The molecule has 0 aromatic rings. The monoisotopic (exact) mass is 235 g/mol. The molecular formula is C13H17NO3. The second-order valence-corrected chi connectivity index (χ2v) is 5.72. The van der Waals surface area contributed by atoms with Crippen LogP contribution in [0.3, 0.4) is 0 Å². The molecule has 1 saturated heterocycles. The van der Waals surface area contributed by atoms with Crippen molar-refractivity contribution in [3.8, 4) is 6.07 Å². The number of rotatable bonds is 1. The summed E-state index contributed by atoms with van der Waals surface area (Å²) in [7, 11) is 0. The first-order chi connectivity index (χ1) is 8.04. The van der Waals surface area contributed by atoms with Crippen LogP contribution in [0.4, 0.5) is 0 Å². The fourth-order valence-corrected chi connectivity index (χ4v) is 4.11. The Hall–Kier alpha value is -1.08. The molecule has 0 aromatic carbocycles. The molecule has 0 amide bonds. The van der Waals surface area contributed by atoms with Crippen molar-refractivity contribution in [2.45, 2.75) is 57.3 Å². The number of epoxide rings is 1. The van der Waals surface area contributed by atoms with Crippen molar-refractivity contribution in [3.05, 3.63) is 0 Å². The molecule has 0 aromatic heterocycles. The third-order valence-corrected chi connectivity index (χ3v) is 4.97. The smallest absolute Gasteiger partial charge is 0.303 e. The van der Waals surface area contributed by atoms with Crippen LogP contribution in [0.25, 0.3) is 0 Å². The SMILES string of the molecule is CC(=O)O[C@H]1CCC[C@@]2(C)[C@H](C#N)C[C@H]3O[C@]132. The molecule has 5 atom stereocenters. The third kappa shape index (κ3) is 1.18. The van der Waals surface area contributed by atoms with E-state index in [4.69, 9.17) is 9.47 Å². The van der Waals surface area contributed by atoms with Gasteiger partial charge in [-0.2, -0.15) is 5.26 Å². The lowest BCUT2D eigenvalue weighted by Gasteiger charge is -2.43. The van der Waals surface area contributed by atoms with E-state index >= 15 is 0 Å². The predicted octanol–water partition coefficient (Wildman–Crippen LogP) is 1.79. The molecule has 2 aliphatic carbocycles. The first kappa shape index (κ1) is 11.0. The largest absolute Gasteiger partial charge is 0.459 e. The van der Waals surface area contributed by atoms with Gasteiger partial charge in [-0.1, -0.05) is 6.92 Å². The molecular weight excluding hydrogens is 218 g/mol. The molecule has 0 N–H and O–H groups in total. The Bertz CT molecular complexity index is 415. The summed E-state index contributed by atoms with van der Waals surface area (Å²) in [6.07, 6.45) is 3.64. The van der Waals surface area contributed by atoms with E-state index in [2.05, 4.69) is 13.0 Å². The summed E-state index contributed by atoms with van der Waals surface area (Å²) in [5.41, 5.74) is -0.484. The van der Waals surface area contributed by atoms with E-state index in [-0.39, 0.29) is 35.1 Å². The number of carbonyl (C=O) groups is 1. The summed E-state index contributed by atoms with van der Waals surface area (Å²) < 4.78 is 11.3. The van der Waals surface area contributed by atoms with E-state index < -0.39 is 0 Å². The van der Waals surface area contributed by atoms with E-state index in [0.717, 1.165) is 25.7 Å². The lowest BCUT2D eigenvalue weighted by atomic mass is 9.63. The molecule has 0 bridgehead atoms. The molecule has 3 fully saturated rings. The molecule has 92 valence electrons. The Morgan fingerprint density at radius 2 is 2.35 bits per heavy atom. The summed E-state index contributed by atoms with van der Waals surface area (Å²) in [6.45, 7) is 3.57. The van der Waals surface area contributed by atoms with Crippen LogP contribution in [0.2, 0.25) is 0 Å². The number of carbonyl (C=O) groups excluding carboxylic acids is 1. The highest BCUT2D eigenvalue weighted by Crippen LogP contribution is 2.69. The predicted molar refractivity (Wildman–Crippen MR) is 58.8 cm³/mol. The number of nitriles is 1. The normalized spacial score (nSPS) is 51.0. The molecule has 4 heteroatoms. The van der Waals surface area contributed by atoms with Crippen LogP contribution in [-0.4, -0.2) is 23.8 Å². The van der Waals surface area contributed by atoms with Gasteiger partial charge in [0.25, 0.3) is 0 Å². The fraction of sp³-hybridized carbons (Fsp3) is 0.846. The molecule has 0 radical (unpaired) electrons. The Balaban J connectivity index is 1.93. The summed E-state index contributed by atoms with van der Waals surface area (Å²) >= 11 is 0. The number of nitrogens with zero attached hydrogens (tertiary/aromatic N) is 1. The third-order valence-electron chi connectivity index (χ3n) is 4.97. The van der Waals surface area contributed by atoms with Crippen molar-refractivity contribution in [2.24, 2.45) is 11.3 Å². The minimum absolute atomic E-state index is 0.0413. The summed E-state index contributed by atoms with van der Waals surface area (Å²) in [6, 6.07) is 2.41. The Morgan fingerprint density at radius 3 is 3.00 bits per heavy atom. The molecule has 2 saturated carbocycles. The van der Waals surface area contributed by atoms with Gasteiger partial charge < -0.3 is 9.47 Å². The van der Waals surface area contributed by atoms with Crippen LogP contribution in [0.5, 0.6) is 0 Å². The van der Waals surface area contributed by atoms with E-state index in [1.165, 1.54) is 6.92 Å². The standard InChI is InChI=1S/C13H17NO3/c1-8(15)16-10-4-3-5-12(2)9(7-14)6-11-13(10,12)17-11/h9-11H,3-6H2,1-2H3/t9-,10-,11+,12-,13+/m0/s1. The zero-order chi connectivity index (χ0) is 12.3. The van der Waals surface area contributed by atoms with Crippen LogP contribution in [0, 0.1) is 22.7 Å². The molecule has 1 aliphatic heterocycles. The maximum atomic E-state index is 11.2. The average Bonchev–Trinajstić information content (AvgIpc) is 2.92. The average molecular weight is 235 g/mol. The van der Waals surface area contributed by atoms with Gasteiger partial charge in [0.05, 0.1) is 18.1 Å². The molecule has 3 rings (SSSR count). The number of ether oxygens (including phenoxy) is 2. The Morgan fingerprint density at radius 1 is 1.59 bits per heavy atom. The van der Waals surface area contributed by atoms with Crippen molar-refractivity contribution >= 4 is 5.97 Å². The lowest BCUT2D eigenvalue weighted by Crippen LogP contribution is -2.51. The van der Waals surface area contributed by atoms with Crippen molar-refractivity contribution in [1.82, 2.24) is 0 Å². The van der Waals surface area contributed by atoms with Crippen LogP contribution < -0.4 is 0 Å². The van der Waals surface area contributed by atoms with Crippen LogP contribution in [0.1, 0.15) is 39.5 Å². The highest BCUT2D eigenvalue weighted by molar-refractivity contribution is 5.66. The maximum absolute atomic E-state index is 11.2. The first-order valence-corrected chi connectivity index (χ1v) is 6.29. The second kappa shape index (κ2) is 3.23. The molecule has 3 aliphatic rings. The lowest BCUT2D eigenvalue weighted by molar-refractivity contribution is -0.158. The van der Waals surface area contributed by atoms with Gasteiger partial charge in [-0.05, 0) is 25.7 Å². The summed E-state index contributed by atoms with van der Waals surface area (Å²) in [4.78, 5) is 11.2. The van der Waals surface area contributed by atoms with E-state index in [0.29, 0.717) is 0 Å².